The van der Waals surface area contributed by atoms with Gasteiger partial charge in [0.1, 0.15) is 12.0 Å². The van der Waals surface area contributed by atoms with Crippen LogP contribution in [0.4, 0.5) is 0 Å². The summed E-state index contributed by atoms with van der Waals surface area (Å²) in [7, 11) is 0. The van der Waals surface area contributed by atoms with E-state index in [4.69, 9.17) is 14.0 Å². The molecule has 0 spiro atoms. The fourth-order valence-electron chi connectivity index (χ4n) is 3.98. The van der Waals surface area contributed by atoms with Crippen molar-refractivity contribution in [3.05, 3.63) is 72.0 Å². The molecule has 180 valence electrons. The highest BCUT2D eigenvalue weighted by Gasteiger charge is 2.19. The number of benzene rings is 1. The minimum absolute atomic E-state index is 0.0851. The Balaban J connectivity index is 1.25. The van der Waals surface area contributed by atoms with Crippen LogP contribution in [0.5, 0.6) is 5.88 Å². The molecule has 2 aliphatic rings. The zero-order chi connectivity index (χ0) is 24.5. The molecular weight excluding hydrogens is 462 g/mol. The molecule has 1 fully saturated rings. The van der Waals surface area contributed by atoms with Gasteiger partial charge in [-0.1, -0.05) is 23.4 Å². The standard InChI is InChI=1S/C25H21N7O4/c1-15-11-21(31-36-15)23-29-28-22-19-6-2-3-7-20(19)25(30-32(22)23)35-14-17-9-8-16(12-26-17)24(33)27-13-18-5-4-10-34-18/h2-3,6-9,11-14,18,26H,4-5,10H2,1H3. The average Bonchev–Trinajstić information content (AvgIpc) is 3.67. The monoisotopic (exact) mass is 483 g/mol. The number of amides is 1. The van der Waals surface area contributed by atoms with Crippen LogP contribution in [0.15, 0.2) is 75.7 Å². The van der Waals surface area contributed by atoms with Gasteiger partial charge in [0.2, 0.25) is 11.7 Å². The molecule has 0 bridgehead atoms. The minimum atomic E-state index is -0.337. The van der Waals surface area contributed by atoms with E-state index in [1.54, 1.807) is 42.1 Å². The number of hydrogen-bond acceptors (Lipinski definition) is 9. The quantitative estimate of drug-likeness (QED) is 0.336. The van der Waals surface area contributed by atoms with Gasteiger partial charge in [0.05, 0.1) is 17.4 Å². The lowest BCUT2D eigenvalue weighted by molar-refractivity contribution is -0.114. The second-order valence-corrected chi connectivity index (χ2v) is 8.34. The summed E-state index contributed by atoms with van der Waals surface area (Å²) in [6.07, 6.45) is 9.89. The molecule has 0 aliphatic carbocycles. The highest BCUT2D eigenvalue weighted by atomic mass is 16.5. The zero-order valence-electron chi connectivity index (χ0n) is 19.3. The number of aromatic nitrogens is 5. The molecule has 3 aromatic heterocycles. The Labute approximate surface area is 204 Å². The summed E-state index contributed by atoms with van der Waals surface area (Å²) in [5, 5.41) is 21.9. The van der Waals surface area contributed by atoms with Crippen molar-refractivity contribution < 1.29 is 18.8 Å². The van der Waals surface area contributed by atoms with E-state index in [2.05, 4.69) is 30.8 Å². The van der Waals surface area contributed by atoms with Crippen LogP contribution in [0, 0.1) is 6.92 Å². The normalized spacial score (nSPS) is 18.9. The van der Waals surface area contributed by atoms with Crippen molar-refractivity contribution in [1.29, 1.82) is 0 Å². The van der Waals surface area contributed by atoms with Gasteiger partial charge in [0.25, 0.3) is 5.91 Å². The Morgan fingerprint density at radius 1 is 1.25 bits per heavy atom. The summed E-state index contributed by atoms with van der Waals surface area (Å²) in [5.41, 5.74) is 2.17. The Bertz CT molecular complexity index is 1590. The van der Waals surface area contributed by atoms with Crippen molar-refractivity contribution in [3.8, 4) is 17.4 Å². The van der Waals surface area contributed by atoms with E-state index in [9.17, 15) is 4.79 Å². The molecule has 1 N–H and O–H groups in total. The number of rotatable bonds is 5. The van der Waals surface area contributed by atoms with E-state index in [-0.39, 0.29) is 12.0 Å². The lowest BCUT2D eigenvalue weighted by atomic mass is 10.2. The molecular formula is C25H21N7O4. The Morgan fingerprint density at radius 3 is 2.89 bits per heavy atom. The van der Waals surface area contributed by atoms with E-state index >= 15 is 0 Å². The first-order valence-corrected chi connectivity index (χ1v) is 11.5. The lowest BCUT2D eigenvalue weighted by Gasteiger charge is -2.11. The largest absolute Gasteiger partial charge is 0.443 e. The molecule has 1 saturated heterocycles. The maximum Gasteiger partial charge on any atom is 0.278 e. The number of aliphatic imine (C=N–C) groups is 1. The molecule has 1 unspecified atom stereocenters. The van der Waals surface area contributed by atoms with Gasteiger partial charge in [-0.3, -0.25) is 4.79 Å². The molecule has 11 nitrogen and oxygen atoms in total. The highest BCUT2D eigenvalue weighted by Crippen LogP contribution is 2.29. The van der Waals surface area contributed by atoms with Crippen molar-refractivity contribution in [2.24, 2.45) is 4.99 Å². The van der Waals surface area contributed by atoms with Crippen LogP contribution in [-0.2, 0) is 9.53 Å². The van der Waals surface area contributed by atoms with Crippen molar-refractivity contribution in [2.75, 3.05) is 6.61 Å². The van der Waals surface area contributed by atoms with Crippen LogP contribution in [0.1, 0.15) is 18.6 Å². The topological polar surface area (TPSA) is 129 Å². The lowest BCUT2D eigenvalue weighted by Crippen LogP contribution is -2.14. The molecule has 11 heteroatoms. The fraction of sp³-hybridized carbons (Fsp3) is 0.200. The first-order chi connectivity index (χ1) is 17.7. The number of ether oxygens (including phenoxy) is 2. The van der Waals surface area contributed by atoms with Crippen molar-refractivity contribution >= 4 is 28.5 Å². The molecule has 4 aromatic rings. The fourth-order valence-corrected chi connectivity index (χ4v) is 3.98. The Kier molecular flexibility index (Phi) is 5.58. The molecule has 0 radical (unpaired) electrons. The predicted octanol–water partition coefficient (Wildman–Crippen LogP) is 3.28. The van der Waals surface area contributed by atoms with Crippen molar-refractivity contribution in [1.82, 2.24) is 30.3 Å². The van der Waals surface area contributed by atoms with Crippen LogP contribution in [-0.4, -0.2) is 49.8 Å². The predicted molar refractivity (Wildman–Crippen MR) is 130 cm³/mol. The summed E-state index contributed by atoms with van der Waals surface area (Å²) < 4.78 is 18.2. The third-order valence-electron chi connectivity index (χ3n) is 5.79. The maximum atomic E-state index is 12.3. The van der Waals surface area contributed by atoms with E-state index in [0.29, 0.717) is 46.7 Å². The van der Waals surface area contributed by atoms with Gasteiger partial charge in [-0.05, 0) is 38.0 Å². The summed E-state index contributed by atoms with van der Waals surface area (Å²) in [6, 6.07) is 9.40. The Morgan fingerprint density at radius 2 is 2.14 bits per heavy atom. The smallest absolute Gasteiger partial charge is 0.278 e. The number of carbonyl (C=O) groups excluding carboxylic acids is 1. The van der Waals surface area contributed by atoms with Crippen LogP contribution in [0.2, 0.25) is 0 Å². The number of hydrogen-bond donors (Lipinski definition) is 1. The number of nitrogens with zero attached hydrogens (tertiary/aromatic N) is 6. The SMILES string of the molecule is Cc1cc(-c2nnc3c4ccccc4c(OC=C4C=CC(C(=O)N=CC5CCCO5)=CN4)nn23)no1. The molecule has 1 atom stereocenters. The van der Waals surface area contributed by atoms with Gasteiger partial charge in [0, 0.05) is 35.9 Å². The molecule has 6 rings (SSSR count). The van der Waals surface area contributed by atoms with Gasteiger partial charge in [0.15, 0.2) is 11.3 Å². The first-order valence-electron chi connectivity index (χ1n) is 11.5. The van der Waals surface area contributed by atoms with E-state index < -0.39 is 0 Å². The second kappa shape index (κ2) is 9.19. The zero-order valence-corrected chi connectivity index (χ0v) is 19.3. The summed E-state index contributed by atoms with van der Waals surface area (Å²) >= 11 is 0. The molecule has 36 heavy (non-hydrogen) atoms. The number of allylic oxidation sites excluding steroid dienone is 1. The van der Waals surface area contributed by atoms with Gasteiger partial charge < -0.3 is 19.3 Å². The van der Waals surface area contributed by atoms with Crippen molar-refractivity contribution in [2.45, 2.75) is 25.9 Å². The molecule has 2 aliphatic heterocycles. The number of nitrogens with one attached hydrogen (secondary N) is 1. The average molecular weight is 483 g/mol. The second-order valence-electron chi connectivity index (χ2n) is 8.34. The highest BCUT2D eigenvalue weighted by molar-refractivity contribution is 6.01. The van der Waals surface area contributed by atoms with Crippen LogP contribution in [0.25, 0.3) is 27.9 Å². The third-order valence-corrected chi connectivity index (χ3v) is 5.79. The first kappa shape index (κ1) is 21.9. The number of fused-ring (bicyclic) bond motifs is 3. The summed E-state index contributed by atoms with van der Waals surface area (Å²) in [5.74, 6) is 1.11. The molecule has 1 amide bonds. The third kappa shape index (κ3) is 4.16. The van der Waals surface area contributed by atoms with Gasteiger partial charge in [-0.15, -0.1) is 15.3 Å². The van der Waals surface area contributed by atoms with E-state index in [1.165, 1.54) is 6.26 Å². The Hall–Kier alpha value is -4.64. The van der Waals surface area contributed by atoms with Gasteiger partial charge >= 0.3 is 0 Å². The maximum absolute atomic E-state index is 12.3. The molecule has 5 heterocycles. The van der Waals surface area contributed by atoms with Crippen molar-refractivity contribution in [3.63, 3.8) is 0 Å². The number of aryl methyl sites for hydroxylation is 1. The van der Waals surface area contributed by atoms with Gasteiger partial charge in [-0.25, -0.2) is 4.99 Å². The van der Waals surface area contributed by atoms with E-state index in [1.807, 2.05) is 24.3 Å². The van der Waals surface area contributed by atoms with Crippen LogP contribution in [0.3, 0.4) is 0 Å². The summed E-state index contributed by atoms with van der Waals surface area (Å²) in [4.78, 5) is 16.3. The summed E-state index contributed by atoms with van der Waals surface area (Å²) in [6.45, 7) is 2.51. The number of dihydropyridines is 1. The van der Waals surface area contributed by atoms with Crippen LogP contribution >= 0.6 is 0 Å². The minimum Gasteiger partial charge on any atom is -0.443 e. The van der Waals surface area contributed by atoms with Gasteiger partial charge in [-0.2, -0.15) is 4.52 Å². The molecule has 1 aromatic carbocycles. The van der Waals surface area contributed by atoms with E-state index in [0.717, 1.165) is 23.6 Å². The number of carbonyl (C=O) groups is 1. The molecule has 0 saturated carbocycles. The van der Waals surface area contributed by atoms with Crippen LogP contribution < -0.4 is 10.1 Å².